The lowest BCUT2D eigenvalue weighted by molar-refractivity contribution is -0.123. The van der Waals surface area contributed by atoms with E-state index in [1.807, 2.05) is 18.2 Å². The van der Waals surface area contributed by atoms with Crippen molar-refractivity contribution in [2.75, 3.05) is 19.8 Å². The SMILES string of the molecule is NC1(C(=O)NCC2(c3cccc(Cl)c3)CCOCC2)CC1. The molecular formula is C16H21ClN2O2. The third-order valence-corrected chi connectivity index (χ3v) is 4.95. The van der Waals surface area contributed by atoms with Gasteiger partial charge in [-0.15, -0.1) is 0 Å². The molecule has 21 heavy (non-hydrogen) atoms. The molecule has 1 aliphatic carbocycles. The van der Waals surface area contributed by atoms with E-state index in [4.69, 9.17) is 22.1 Å². The van der Waals surface area contributed by atoms with Crippen molar-refractivity contribution < 1.29 is 9.53 Å². The molecule has 0 atom stereocenters. The van der Waals surface area contributed by atoms with Crippen LogP contribution in [0.15, 0.2) is 24.3 Å². The number of carbonyl (C=O) groups is 1. The molecule has 4 nitrogen and oxygen atoms in total. The Morgan fingerprint density at radius 1 is 1.29 bits per heavy atom. The van der Waals surface area contributed by atoms with Crippen LogP contribution in [0.2, 0.25) is 5.02 Å². The standard InChI is InChI=1S/C16H21ClN2O2/c17-13-3-1-2-12(10-13)15(6-8-21-9-7-15)11-19-14(20)16(18)4-5-16/h1-3,10H,4-9,11,18H2,(H,19,20). The van der Waals surface area contributed by atoms with Crippen molar-refractivity contribution in [1.82, 2.24) is 5.32 Å². The van der Waals surface area contributed by atoms with Gasteiger partial charge in [-0.1, -0.05) is 23.7 Å². The molecule has 0 aromatic heterocycles. The number of ether oxygens (including phenoxy) is 1. The normalized spacial score (nSPS) is 22.6. The lowest BCUT2D eigenvalue weighted by atomic mass is 9.74. The maximum atomic E-state index is 12.1. The Balaban J connectivity index is 1.78. The van der Waals surface area contributed by atoms with Crippen LogP contribution in [0.5, 0.6) is 0 Å². The van der Waals surface area contributed by atoms with Gasteiger partial charge in [0.05, 0.1) is 5.54 Å². The first kappa shape index (κ1) is 14.8. The first-order valence-electron chi connectivity index (χ1n) is 7.45. The van der Waals surface area contributed by atoms with Gasteiger partial charge < -0.3 is 15.8 Å². The van der Waals surface area contributed by atoms with Gasteiger partial charge in [0.2, 0.25) is 5.91 Å². The third-order valence-electron chi connectivity index (χ3n) is 4.72. The summed E-state index contributed by atoms with van der Waals surface area (Å²) in [6.07, 6.45) is 3.33. The fourth-order valence-electron chi connectivity index (χ4n) is 2.94. The second kappa shape index (κ2) is 5.59. The maximum absolute atomic E-state index is 12.1. The molecule has 1 amide bonds. The van der Waals surface area contributed by atoms with Crippen LogP contribution in [-0.2, 0) is 14.9 Å². The lowest BCUT2D eigenvalue weighted by Crippen LogP contribution is -2.50. The van der Waals surface area contributed by atoms with E-state index in [9.17, 15) is 4.79 Å². The zero-order valence-corrected chi connectivity index (χ0v) is 12.8. The first-order chi connectivity index (χ1) is 10.0. The number of rotatable bonds is 4. The molecule has 2 aliphatic rings. The molecule has 1 saturated heterocycles. The van der Waals surface area contributed by atoms with Crippen molar-refractivity contribution in [3.63, 3.8) is 0 Å². The van der Waals surface area contributed by atoms with E-state index >= 15 is 0 Å². The van der Waals surface area contributed by atoms with Crippen molar-refractivity contribution in [2.45, 2.75) is 36.6 Å². The molecule has 5 heteroatoms. The van der Waals surface area contributed by atoms with Gasteiger partial charge in [-0.3, -0.25) is 4.79 Å². The van der Waals surface area contributed by atoms with Crippen LogP contribution < -0.4 is 11.1 Å². The van der Waals surface area contributed by atoms with Gasteiger partial charge in [-0.05, 0) is 43.4 Å². The second-order valence-corrected chi connectivity index (χ2v) is 6.68. The molecule has 0 radical (unpaired) electrons. The fraction of sp³-hybridized carbons (Fsp3) is 0.562. The highest BCUT2D eigenvalue weighted by Gasteiger charge is 2.46. The van der Waals surface area contributed by atoms with E-state index in [0.717, 1.165) is 30.7 Å². The number of hydrogen-bond acceptors (Lipinski definition) is 3. The number of hydrogen-bond donors (Lipinski definition) is 2. The number of halogens is 1. The van der Waals surface area contributed by atoms with Crippen LogP contribution in [0, 0.1) is 0 Å². The second-order valence-electron chi connectivity index (χ2n) is 6.24. The summed E-state index contributed by atoms with van der Waals surface area (Å²) in [5, 5.41) is 3.78. The van der Waals surface area contributed by atoms with Gasteiger partial charge in [-0.2, -0.15) is 0 Å². The van der Waals surface area contributed by atoms with Crippen LogP contribution in [-0.4, -0.2) is 31.2 Å². The summed E-state index contributed by atoms with van der Waals surface area (Å²) in [6.45, 7) is 2.00. The summed E-state index contributed by atoms with van der Waals surface area (Å²) < 4.78 is 5.49. The summed E-state index contributed by atoms with van der Waals surface area (Å²) >= 11 is 6.13. The summed E-state index contributed by atoms with van der Waals surface area (Å²) in [7, 11) is 0. The minimum absolute atomic E-state index is 0.0320. The number of benzene rings is 1. The Kier molecular flexibility index (Phi) is 3.95. The van der Waals surface area contributed by atoms with Crippen molar-refractivity contribution in [3.8, 4) is 0 Å². The summed E-state index contributed by atoms with van der Waals surface area (Å²) in [5.74, 6) is -0.0320. The van der Waals surface area contributed by atoms with Crippen molar-refractivity contribution in [2.24, 2.45) is 5.73 Å². The summed E-state index contributed by atoms with van der Waals surface area (Å²) in [5.41, 5.74) is 6.39. The monoisotopic (exact) mass is 308 g/mol. The number of nitrogens with one attached hydrogen (secondary N) is 1. The van der Waals surface area contributed by atoms with E-state index in [1.54, 1.807) is 0 Å². The molecule has 3 N–H and O–H groups in total. The van der Waals surface area contributed by atoms with E-state index in [1.165, 1.54) is 5.56 Å². The predicted molar refractivity (Wildman–Crippen MR) is 82.3 cm³/mol. The summed E-state index contributed by atoms with van der Waals surface area (Å²) in [6, 6.07) is 7.91. The molecule has 0 spiro atoms. The number of carbonyl (C=O) groups excluding carboxylic acids is 1. The molecule has 0 unspecified atom stereocenters. The van der Waals surface area contributed by atoms with Gasteiger partial charge >= 0.3 is 0 Å². The number of nitrogens with two attached hydrogens (primary N) is 1. The topological polar surface area (TPSA) is 64.4 Å². The van der Waals surface area contributed by atoms with Crippen molar-refractivity contribution in [1.29, 1.82) is 0 Å². The highest BCUT2D eigenvalue weighted by atomic mass is 35.5. The highest BCUT2D eigenvalue weighted by Crippen LogP contribution is 2.36. The van der Waals surface area contributed by atoms with Crippen LogP contribution in [0.1, 0.15) is 31.2 Å². The van der Waals surface area contributed by atoms with Gasteiger partial charge in [0.1, 0.15) is 0 Å². The Morgan fingerprint density at radius 3 is 2.62 bits per heavy atom. The molecule has 2 fully saturated rings. The fourth-order valence-corrected chi connectivity index (χ4v) is 3.13. The Hall–Kier alpha value is -1.10. The maximum Gasteiger partial charge on any atom is 0.240 e. The first-order valence-corrected chi connectivity index (χ1v) is 7.83. The molecule has 1 saturated carbocycles. The molecule has 1 aromatic carbocycles. The molecule has 1 heterocycles. The highest BCUT2D eigenvalue weighted by molar-refractivity contribution is 6.30. The van der Waals surface area contributed by atoms with Crippen LogP contribution in [0.4, 0.5) is 0 Å². The van der Waals surface area contributed by atoms with Gasteiger partial charge in [-0.25, -0.2) is 0 Å². The average Bonchev–Trinajstić information content (AvgIpc) is 3.25. The molecule has 0 bridgehead atoms. The smallest absolute Gasteiger partial charge is 0.240 e. The minimum Gasteiger partial charge on any atom is -0.381 e. The zero-order valence-electron chi connectivity index (χ0n) is 12.0. The van der Waals surface area contributed by atoms with E-state index in [2.05, 4.69) is 11.4 Å². The summed E-state index contributed by atoms with van der Waals surface area (Å²) in [4.78, 5) is 12.1. The zero-order chi connectivity index (χ0) is 14.9. The lowest BCUT2D eigenvalue weighted by Gasteiger charge is -2.38. The predicted octanol–water partition coefficient (Wildman–Crippen LogP) is 2.00. The van der Waals surface area contributed by atoms with E-state index in [0.29, 0.717) is 19.8 Å². The van der Waals surface area contributed by atoms with Crippen molar-refractivity contribution in [3.05, 3.63) is 34.9 Å². The Labute approximate surface area is 130 Å². The van der Waals surface area contributed by atoms with Gasteiger partial charge in [0.25, 0.3) is 0 Å². The largest absolute Gasteiger partial charge is 0.381 e. The quantitative estimate of drug-likeness (QED) is 0.894. The number of amides is 1. The van der Waals surface area contributed by atoms with Crippen LogP contribution >= 0.6 is 11.6 Å². The molecule has 1 aromatic rings. The van der Waals surface area contributed by atoms with Gasteiger partial charge in [0, 0.05) is 30.2 Å². The third kappa shape index (κ3) is 3.07. The molecule has 114 valence electrons. The Morgan fingerprint density at radius 2 is 2.00 bits per heavy atom. The Bertz CT molecular complexity index is 537. The molecule has 1 aliphatic heterocycles. The molecular weight excluding hydrogens is 288 g/mol. The van der Waals surface area contributed by atoms with Crippen LogP contribution in [0.25, 0.3) is 0 Å². The van der Waals surface area contributed by atoms with E-state index < -0.39 is 5.54 Å². The minimum atomic E-state index is -0.624. The average molecular weight is 309 g/mol. The van der Waals surface area contributed by atoms with Gasteiger partial charge in [0.15, 0.2) is 0 Å². The van der Waals surface area contributed by atoms with E-state index in [-0.39, 0.29) is 11.3 Å². The van der Waals surface area contributed by atoms with Crippen LogP contribution in [0.3, 0.4) is 0 Å². The molecule has 3 rings (SSSR count). The van der Waals surface area contributed by atoms with Crippen molar-refractivity contribution >= 4 is 17.5 Å².